The molecule has 0 saturated heterocycles. The van der Waals surface area contributed by atoms with E-state index in [0.717, 1.165) is 19.5 Å². The summed E-state index contributed by atoms with van der Waals surface area (Å²) in [5.74, 6) is 0.526. The minimum atomic E-state index is -0.317. The quantitative estimate of drug-likeness (QED) is 0.734. The van der Waals surface area contributed by atoms with Gasteiger partial charge in [0.25, 0.3) is 0 Å². The van der Waals surface area contributed by atoms with Crippen molar-refractivity contribution in [2.24, 2.45) is 11.3 Å². The molecule has 0 aromatic carbocycles. The fourth-order valence-electron chi connectivity index (χ4n) is 1.22. The van der Waals surface area contributed by atoms with E-state index in [-0.39, 0.29) is 11.3 Å². The minimum Gasteiger partial charge on any atom is -0.355 e. The van der Waals surface area contributed by atoms with Gasteiger partial charge < -0.3 is 5.32 Å². The summed E-state index contributed by atoms with van der Waals surface area (Å²) in [5, 5.41) is 11.8. The average molecular weight is 239 g/mol. The standard InChI is InChI=1S/C13H25N3O/c1-11(2)8-15-12(17)9-16(5)7-6-13(3,4)10-14/h11H,6-9H2,1-5H3,(H,15,17). The lowest BCUT2D eigenvalue weighted by Crippen LogP contribution is -2.37. The van der Waals surface area contributed by atoms with Crippen molar-refractivity contribution >= 4 is 5.91 Å². The van der Waals surface area contributed by atoms with Crippen molar-refractivity contribution in [3.63, 3.8) is 0 Å². The van der Waals surface area contributed by atoms with Crippen LogP contribution in [0.25, 0.3) is 0 Å². The van der Waals surface area contributed by atoms with Crippen molar-refractivity contribution in [3.05, 3.63) is 0 Å². The van der Waals surface area contributed by atoms with Crippen molar-refractivity contribution in [2.45, 2.75) is 34.1 Å². The molecule has 0 aliphatic carbocycles. The molecule has 0 radical (unpaired) electrons. The van der Waals surface area contributed by atoms with E-state index in [1.54, 1.807) is 0 Å². The second kappa shape index (κ2) is 7.29. The molecule has 0 aliphatic heterocycles. The molecular weight excluding hydrogens is 214 g/mol. The minimum absolute atomic E-state index is 0.0518. The molecular formula is C13H25N3O. The Morgan fingerprint density at radius 1 is 1.47 bits per heavy atom. The summed E-state index contributed by atoms with van der Waals surface area (Å²) in [4.78, 5) is 13.5. The lowest BCUT2D eigenvalue weighted by atomic mass is 9.91. The van der Waals surface area contributed by atoms with Crippen molar-refractivity contribution < 1.29 is 4.79 Å². The molecule has 0 unspecified atom stereocenters. The van der Waals surface area contributed by atoms with Gasteiger partial charge in [0.1, 0.15) is 0 Å². The number of hydrogen-bond donors (Lipinski definition) is 1. The Morgan fingerprint density at radius 3 is 2.53 bits per heavy atom. The molecule has 98 valence electrons. The predicted molar refractivity (Wildman–Crippen MR) is 69.4 cm³/mol. The number of amides is 1. The number of hydrogen-bond acceptors (Lipinski definition) is 3. The van der Waals surface area contributed by atoms with Crippen molar-refractivity contribution in [2.75, 3.05) is 26.7 Å². The van der Waals surface area contributed by atoms with Crippen LogP contribution in [0.3, 0.4) is 0 Å². The molecule has 0 bridgehead atoms. The summed E-state index contributed by atoms with van der Waals surface area (Å²) >= 11 is 0. The Morgan fingerprint density at radius 2 is 2.06 bits per heavy atom. The largest absolute Gasteiger partial charge is 0.355 e. The van der Waals surface area contributed by atoms with E-state index >= 15 is 0 Å². The maximum Gasteiger partial charge on any atom is 0.234 e. The van der Waals surface area contributed by atoms with E-state index in [0.29, 0.717) is 12.5 Å². The zero-order chi connectivity index (χ0) is 13.5. The highest BCUT2D eigenvalue weighted by molar-refractivity contribution is 5.77. The van der Waals surface area contributed by atoms with Crippen LogP contribution in [-0.2, 0) is 4.79 Å². The van der Waals surface area contributed by atoms with Crippen LogP contribution in [0.5, 0.6) is 0 Å². The van der Waals surface area contributed by atoms with Crippen LogP contribution in [0, 0.1) is 22.7 Å². The van der Waals surface area contributed by atoms with Gasteiger partial charge in [-0.3, -0.25) is 9.69 Å². The van der Waals surface area contributed by atoms with E-state index in [2.05, 4.69) is 25.2 Å². The molecule has 17 heavy (non-hydrogen) atoms. The predicted octanol–water partition coefficient (Wildman–Crippen LogP) is 1.63. The van der Waals surface area contributed by atoms with Crippen LogP contribution in [0.2, 0.25) is 0 Å². The molecule has 4 heteroatoms. The molecule has 0 aromatic heterocycles. The second-order valence-corrected chi connectivity index (χ2v) is 5.68. The molecule has 1 N–H and O–H groups in total. The van der Waals surface area contributed by atoms with Gasteiger partial charge in [-0.25, -0.2) is 0 Å². The van der Waals surface area contributed by atoms with Gasteiger partial charge in [0.05, 0.1) is 18.0 Å². The van der Waals surface area contributed by atoms with Crippen LogP contribution >= 0.6 is 0 Å². The van der Waals surface area contributed by atoms with Gasteiger partial charge in [-0.05, 0) is 39.8 Å². The van der Waals surface area contributed by atoms with Crippen LogP contribution in [0.4, 0.5) is 0 Å². The molecule has 0 aromatic rings. The zero-order valence-electron chi connectivity index (χ0n) is 11.7. The highest BCUT2D eigenvalue weighted by atomic mass is 16.2. The molecule has 0 saturated carbocycles. The Labute approximate surface area is 105 Å². The Kier molecular flexibility index (Phi) is 6.82. The second-order valence-electron chi connectivity index (χ2n) is 5.68. The fraction of sp³-hybridized carbons (Fsp3) is 0.846. The zero-order valence-corrected chi connectivity index (χ0v) is 11.7. The Bertz CT molecular complexity index is 279. The van der Waals surface area contributed by atoms with E-state index in [1.165, 1.54) is 0 Å². The van der Waals surface area contributed by atoms with Crippen molar-refractivity contribution in [1.82, 2.24) is 10.2 Å². The third-order valence-electron chi connectivity index (χ3n) is 2.54. The highest BCUT2D eigenvalue weighted by Crippen LogP contribution is 2.18. The van der Waals surface area contributed by atoms with Crippen LogP contribution in [0.15, 0.2) is 0 Å². The monoisotopic (exact) mass is 239 g/mol. The first kappa shape index (κ1) is 15.9. The van der Waals surface area contributed by atoms with Gasteiger partial charge in [-0.15, -0.1) is 0 Å². The lowest BCUT2D eigenvalue weighted by molar-refractivity contribution is -0.122. The number of nitrogens with zero attached hydrogens (tertiary/aromatic N) is 2. The summed E-state index contributed by atoms with van der Waals surface area (Å²) in [6.45, 7) is 9.85. The van der Waals surface area contributed by atoms with E-state index < -0.39 is 0 Å². The number of carbonyl (C=O) groups is 1. The van der Waals surface area contributed by atoms with Crippen LogP contribution < -0.4 is 5.32 Å². The van der Waals surface area contributed by atoms with Crippen LogP contribution in [-0.4, -0.2) is 37.5 Å². The van der Waals surface area contributed by atoms with E-state index in [4.69, 9.17) is 5.26 Å². The molecule has 0 spiro atoms. The number of nitriles is 1. The summed E-state index contributed by atoms with van der Waals surface area (Å²) < 4.78 is 0. The molecule has 0 fully saturated rings. The number of rotatable bonds is 7. The first-order chi connectivity index (χ1) is 7.76. The number of nitrogens with one attached hydrogen (secondary N) is 1. The topological polar surface area (TPSA) is 56.1 Å². The van der Waals surface area contributed by atoms with Gasteiger partial charge in [0.2, 0.25) is 5.91 Å². The number of likely N-dealkylation sites (N-methyl/N-ethyl adjacent to an activating group) is 1. The van der Waals surface area contributed by atoms with Gasteiger partial charge in [-0.1, -0.05) is 13.8 Å². The molecule has 0 atom stereocenters. The van der Waals surface area contributed by atoms with Gasteiger partial charge in [0.15, 0.2) is 0 Å². The summed E-state index contributed by atoms with van der Waals surface area (Å²) in [5.41, 5.74) is -0.317. The molecule has 1 amide bonds. The third kappa shape index (κ3) is 8.70. The van der Waals surface area contributed by atoms with Crippen LogP contribution in [0.1, 0.15) is 34.1 Å². The van der Waals surface area contributed by atoms with Crippen molar-refractivity contribution in [3.8, 4) is 6.07 Å². The molecule has 0 rings (SSSR count). The van der Waals surface area contributed by atoms with Gasteiger partial charge in [0, 0.05) is 6.54 Å². The fourth-order valence-corrected chi connectivity index (χ4v) is 1.22. The van der Waals surface area contributed by atoms with Crippen molar-refractivity contribution in [1.29, 1.82) is 5.26 Å². The summed E-state index contributed by atoms with van der Waals surface area (Å²) in [6.07, 6.45) is 0.775. The smallest absolute Gasteiger partial charge is 0.234 e. The van der Waals surface area contributed by atoms with E-state index in [9.17, 15) is 4.79 Å². The van der Waals surface area contributed by atoms with E-state index in [1.807, 2.05) is 25.8 Å². The molecule has 0 heterocycles. The average Bonchev–Trinajstić information content (AvgIpc) is 2.24. The first-order valence-corrected chi connectivity index (χ1v) is 6.13. The summed E-state index contributed by atoms with van der Waals surface area (Å²) in [6, 6.07) is 2.26. The lowest BCUT2D eigenvalue weighted by Gasteiger charge is -2.21. The molecule has 4 nitrogen and oxygen atoms in total. The molecule has 0 aliphatic rings. The third-order valence-corrected chi connectivity index (χ3v) is 2.54. The first-order valence-electron chi connectivity index (χ1n) is 6.13. The Hall–Kier alpha value is -1.08. The van der Waals surface area contributed by atoms with Gasteiger partial charge >= 0.3 is 0 Å². The SMILES string of the molecule is CC(C)CNC(=O)CN(C)CCC(C)(C)C#N. The summed E-state index contributed by atoms with van der Waals surface area (Å²) in [7, 11) is 1.91. The maximum atomic E-state index is 11.5. The maximum absolute atomic E-state index is 11.5. The number of carbonyl (C=O) groups excluding carboxylic acids is 1. The van der Waals surface area contributed by atoms with Gasteiger partial charge in [-0.2, -0.15) is 5.26 Å². The normalized spacial score (nSPS) is 11.6. The Balaban J connectivity index is 3.83. The highest BCUT2D eigenvalue weighted by Gasteiger charge is 2.17.